The maximum absolute atomic E-state index is 11.8. The quantitative estimate of drug-likeness (QED) is 0.453. The smallest absolute Gasteiger partial charge is 0.279 e. The molecule has 1 heterocycles. The Balaban J connectivity index is 2.55. The second-order valence-corrected chi connectivity index (χ2v) is 5.74. The maximum Gasteiger partial charge on any atom is 0.279 e. The molecule has 1 saturated heterocycles. The van der Waals surface area contributed by atoms with Gasteiger partial charge in [0.05, 0.1) is 13.2 Å². The van der Waals surface area contributed by atoms with Crippen LogP contribution in [0.1, 0.15) is 0 Å². The first kappa shape index (κ1) is 14.7. The van der Waals surface area contributed by atoms with Crippen molar-refractivity contribution in [3.63, 3.8) is 0 Å². The Morgan fingerprint density at radius 3 is 3.00 bits per heavy atom. The minimum Gasteiger partial charge on any atom is -0.391 e. The van der Waals surface area contributed by atoms with E-state index in [4.69, 9.17) is 27.4 Å². The average molecular weight is 283 g/mol. The maximum atomic E-state index is 11.8. The summed E-state index contributed by atoms with van der Waals surface area (Å²) in [6.45, 7) is 1.28. The molecule has 1 unspecified atom stereocenters. The van der Waals surface area contributed by atoms with Crippen LogP contribution in [-0.2, 0) is 19.7 Å². The number of hydrogen-bond donors (Lipinski definition) is 2. The Bertz CT molecular complexity index is 360. The van der Waals surface area contributed by atoms with Gasteiger partial charge in [-0.15, -0.1) is 0 Å². The van der Waals surface area contributed by atoms with Gasteiger partial charge in [-0.25, -0.2) is 0 Å². The predicted molar refractivity (Wildman–Crippen MR) is 66.9 cm³/mol. The normalized spacial score (nSPS) is 22.5. The first-order chi connectivity index (χ1) is 7.97. The number of ether oxygens (including phenoxy) is 2. The van der Waals surface area contributed by atoms with Crippen LogP contribution in [0.15, 0.2) is 0 Å². The van der Waals surface area contributed by atoms with E-state index in [1.54, 1.807) is 0 Å². The molecule has 1 aliphatic rings. The monoisotopic (exact) mass is 283 g/mol. The Kier molecular flexibility index (Phi) is 5.70. The lowest BCUT2D eigenvalue weighted by Gasteiger charge is -2.31. The van der Waals surface area contributed by atoms with E-state index in [1.807, 2.05) is 0 Å². The highest BCUT2D eigenvalue weighted by atomic mass is 32.2. The first-order valence-corrected chi connectivity index (χ1v) is 6.97. The molecular formula is C8H17N3O4S2. The zero-order valence-corrected chi connectivity index (χ0v) is 11.2. The van der Waals surface area contributed by atoms with E-state index in [0.717, 1.165) is 0 Å². The molecule has 0 spiro atoms. The van der Waals surface area contributed by atoms with Gasteiger partial charge in [0, 0.05) is 26.7 Å². The molecule has 0 radical (unpaired) electrons. The van der Waals surface area contributed by atoms with Crippen molar-refractivity contribution in [2.45, 2.75) is 6.10 Å². The molecule has 1 atom stereocenters. The Morgan fingerprint density at radius 2 is 2.41 bits per heavy atom. The van der Waals surface area contributed by atoms with Crippen LogP contribution in [-0.4, -0.2) is 63.8 Å². The zero-order chi connectivity index (χ0) is 12.9. The number of hydrogen-bond acceptors (Lipinski definition) is 5. The highest BCUT2D eigenvalue weighted by Crippen LogP contribution is 2.09. The van der Waals surface area contributed by atoms with E-state index < -0.39 is 16.3 Å². The molecule has 0 saturated carbocycles. The fourth-order valence-electron chi connectivity index (χ4n) is 1.38. The van der Waals surface area contributed by atoms with Gasteiger partial charge in [-0.3, -0.25) is 0 Å². The molecule has 7 nitrogen and oxygen atoms in total. The van der Waals surface area contributed by atoms with Crippen molar-refractivity contribution in [2.24, 2.45) is 5.73 Å². The van der Waals surface area contributed by atoms with Gasteiger partial charge in [0.2, 0.25) is 0 Å². The Morgan fingerprint density at radius 1 is 1.71 bits per heavy atom. The lowest BCUT2D eigenvalue weighted by molar-refractivity contribution is 0.0381. The van der Waals surface area contributed by atoms with Gasteiger partial charge in [-0.2, -0.15) is 17.4 Å². The van der Waals surface area contributed by atoms with Crippen molar-refractivity contribution >= 4 is 27.4 Å². The standard InChI is InChI=1S/C8H17N3O4S2/c1-14-4-2-10-17(12,13)11-3-5-15-7(6-11)8(9)16/h7,10H,2-6H2,1H3,(H2,9,16). The summed E-state index contributed by atoms with van der Waals surface area (Å²) < 4.78 is 37.4. The van der Waals surface area contributed by atoms with Gasteiger partial charge >= 0.3 is 0 Å². The van der Waals surface area contributed by atoms with Gasteiger partial charge in [-0.1, -0.05) is 12.2 Å². The summed E-state index contributed by atoms with van der Waals surface area (Å²) in [6, 6.07) is 0. The van der Waals surface area contributed by atoms with Gasteiger partial charge in [0.25, 0.3) is 10.2 Å². The molecule has 0 aromatic carbocycles. The molecule has 3 N–H and O–H groups in total. The SMILES string of the molecule is COCCNS(=O)(=O)N1CCOC(C(N)=S)C1. The lowest BCUT2D eigenvalue weighted by Crippen LogP contribution is -2.53. The van der Waals surface area contributed by atoms with Crippen molar-refractivity contribution in [1.82, 2.24) is 9.03 Å². The van der Waals surface area contributed by atoms with Crippen LogP contribution in [0.3, 0.4) is 0 Å². The van der Waals surface area contributed by atoms with Crippen molar-refractivity contribution in [1.29, 1.82) is 0 Å². The second kappa shape index (κ2) is 6.57. The fraction of sp³-hybridized carbons (Fsp3) is 0.875. The summed E-state index contributed by atoms with van der Waals surface area (Å²) in [5, 5.41) is 0. The topological polar surface area (TPSA) is 93.9 Å². The molecule has 0 aromatic rings. The summed E-state index contributed by atoms with van der Waals surface area (Å²) in [6.07, 6.45) is -0.516. The lowest BCUT2D eigenvalue weighted by atomic mass is 10.3. The molecule has 1 rings (SSSR count). The van der Waals surface area contributed by atoms with Crippen molar-refractivity contribution in [2.75, 3.05) is 40.0 Å². The third-order valence-corrected chi connectivity index (χ3v) is 4.12. The number of nitrogens with two attached hydrogens (primary N) is 1. The van der Waals surface area contributed by atoms with Crippen LogP contribution in [0.5, 0.6) is 0 Å². The molecule has 9 heteroatoms. The van der Waals surface area contributed by atoms with Gasteiger partial charge in [0.15, 0.2) is 0 Å². The molecule has 0 bridgehead atoms. The number of methoxy groups -OCH3 is 1. The highest BCUT2D eigenvalue weighted by Gasteiger charge is 2.30. The molecule has 1 aliphatic heterocycles. The van der Waals surface area contributed by atoms with E-state index in [1.165, 1.54) is 11.4 Å². The molecule has 1 fully saturated rings. The summed E-state index contributed by atoms with van der Waals surface area (Å²) >= 11 is 4.79. The van der Waals surface area contributed by atoms with Crippen LogP contribution in [0.25, 0.3) is 0 Å². The number of thiocarbonyl (C=S) groups is 1. The van der Waals surface area contributed by atoms with E-state index in [-0.39, 0.29) is 24.7 Å². The number of nitrogens with zero attached hydrogens (tertiary/aromatic N) is 1. The molecule has 17 heavy (non-hydrogen) atoms. The third kappa shape index (κ3) is 4.45. The van der Waals surface area contributed by atoms with Crippen molar-refractivity contribution in [3.05, 3.63) is 0 Å². The zero-order valence-electron chi connectivity index (χ0n) is 9.59. The average Bonchev–Trinajstić information content (AvgIpc) is 2.29. The van der Waals surface area contributed by atoms with Gasteiger partial charge < -0.3 is 15.2 Å². The first-order valence-electron chi connectivity index (χ1n) is 5.12. The molecular weight excluding hydrogens is 266 g/mol. The third-order valence-electron chi connectivity index (χ3n) is 2.28. The van der Waals surface area contributed by atoms with Crippen LogP contribution in [0.2, 0.25) is 0 Å². The highest BCUT2D eigenvalue weighted by molar-refractivity contribution is 7.87. The number of rotatable bonds is 6. The van der Waals surface area contributed by atoms with Crippen LogP contribution in [0, 0.1) is 0 Å². The number of morpholine rings is 1. The molecule has 100 valence electrons. The van der Waals surface area contributed by atoms with E-state index >= 15 is 0 Å². The van der Waals surface area contributed by atoms with E-state index in [9.17, 15) is 8.42 Å². The Hall–Kier alpha value is -0.320. The summed E-state index contributed by atoms with van der Waals surface area (Å²) in [5.74, 6) is 0. The molecule has 0 aromatic heterocycles. The van der Waals surface area contributed by atoms with Gasteiger partial charge in [0.1, 0.15) is 11.1 Å². The minimum atomic E-state index is -3.51. The Labute approximate surface area is 106 Å². The van der Waals surface area contributed by atoms with Crippen molar-refractivity contribution in [3.8, 4) is 0 Å². The predicted octanol–water partition coefficient (Wildman–Crippen LogP) is -1.55. The van der Waals surface area contributed by atoms with Crippen LogP contribution >= 0.6 is 12.2 Å². The van der Waals surface area contributed by atoms with E-state index in [0.29, 0.717) is 13.2 Å². The summed E-state index contributed by atoms with van der Waals surface area (Å²) in [4.78, 5) is 0.168. The largest absolute Gasteiger partial charge is 0.391 e. The number of nitrogens with one attached hydrogen (secondary N) is 1. The molecule has 0 amide bonds. The second-order valence-electron chi connectivity index (χ2n) is 3.51. The summed E-state index contributed by atoms with van der Waals surface area (Å²) in [5.41, 5.74) is 5.44. The van der Waals surface area contributed by atoms with Crippen LogP contribution in [0.4, 0.5) is 0 Å². The summed E-state index contributed by atoms with van der Waals surface area (Å²) in [7, 11) is -2.01. The van der Waals surface area contributed by atoms with Crippen molar-refractivity contribution < 1.29 is 17.9 Å². The fourth-order valence-corrected chi connectivity index (χ4v) is 2.69. The van der Waals surface area contributed by atoms with Crippen LogP contribution < -0.4 is 10.5 Å². The molecule has 0 aliphatic carbocycles. The van der Waals surface area contributed by atoms with E-state index in [2.05, 4.69) is 4.72 Å². The van der Waals surface area contributed by atoms with Gasteiger partial charge in [-0.05, 0) is 0 Å². The minimum absolute atomic E-state index is 0.150.